The molecule has 1 N–H and O–H groups in total. The highest BCUT2D eigenvalue weighted by Crippen LogP contribution is 2.25. The molecule has 0 amide bonds. The van der Waals surface area contributed by atoms with Gasteiger partial charge < -0.3 is 5.32 Å². The van der Waals surface area contributed by atoms with Gasteiger partial charge in [0.1, 0.15) is 0 Å². The van der Waals surface area contributed by atoms with Crippen LogP contribution in [0.4, 0.5) is 0 Å². The molecule has 0 aromatic carbocycles. The molecule has 1 aliphatic heterocycles. The zero-order valence-electron chi connectivity index (χ0n) is 12.2. The minimum Gasteiger partial charge on any atom is -0.315 e. The van der Waals surface area contributed by atoms with Crippen LogP contribution in [0.2, 0.25) is 0 Å². The summed E-state index contributed by atoms with van der Waals surface area (Å²) < 4.78 is 3.18. The normalized spacial score (nSPS) is 20.9. The van der Waals surface area contributed by atoms with Crippen LogP contribution >= 0.6 is 15.9 Å². The summed E-state index contributed by atoms with van der Waals surface area (Å²) in [5, 5.41) is 7.98. The smallest absolute Gasteiger partial charge is 0.0739 e. The van der Waals surface area contributed by atoms with E-state index in [2.05, 4.69) is 45.1 Å². The van der Waals surface area contributed by atoms with E-state index in [9.17, 15) is 0 Å². The molecule has 2 heterocycles. The Balaban J connectivity index is 2.06. The third-order valence-corrected chi connectivity index (χ3v) is 5.03. The van der Waals surface area contributed by atoms with Gasteiger partial charge in [-0.1, -0.05) is 13.3 Å². The van der Waals surface area contributed by atoms with Crippen LogP contribution < -0.4 is 5.32 Å². The first-order chi connectivity index (χ1) is 9.13. The zero-order chi connectivity index (χ0) is 13.8. The van der Waals surface area contributed by atoms with Gasteiger partial charge in [0.05, 0.1) is 15.9 Å². The van der Waals surface area contributed by atoms with Gasteiger partial charge in [-0.3, -0.25) is 9.58 Å². The predicted molar refractivity (Wildman–Crippen MR) is 82.2 cm³/mol. The van der Waals surface area contributed by atoms with Crippen molar-refractivity contribution in [3.8, 4) is 0 Å². The first-order valence-electron chi connectivity index (χ1n) is 7.26. The summed E-state index contributed by atoms with van der Waals surface area (Å²) in [5.74, 6) is 0. The summed E-state index contributed by atoms with van der Waals surface area (Å²) in [7, 11) is 2.04. The second-order valence-electron chi connectivity index (χ2n) is 5.40. The van der Waals surface area contributed by atoms with Crippen LogP contribution in [-0.4, -0.2) is 40.4 Å². The standard InChI is InChI=1S/C14H25BrN4/c1-4-16-9-12-7-5-6-8-19(12)10-13-14(15)11(2)17-18(13)3/h12,16H,4-10H2,1-3H3. The van der Waals surface area contributed by atoms with Crippen LogP contribution in [0.15, 0.2) is 4.47 Å². The molecule has 1 aromatic rings. The van der Waals surface area contributed by atoms with Crippen LogP contribution in [0, 0.1) is 6.92 Å². The number of likely N-dealkylation sites (N-methyl/N-ethyl adjacent to an activating group) is 1. The Labute approximate surface area is 124 Å². The molecule has 19 heavy (non-hydrogen) atoms. The third-order valence-electron chi connectivity index (χ3n) is 3.99. The van der Waals surface area contributed by atoms with Crippen molar-refractivity contribution in [2.75, 3.05) is 19.6 Å². The van der Waals surface area contributed by atoms with Crippen molar-refractivity contribution in [2.45, 2.75) is 45.7 Å². The topological polar surface area (TPSA) is 33.1 Å². The lowest BCUT2D eigenvalue weighted by Crippen LogP contribution is -2.45. The molecule has 0 spiro atoms. The fraction of sp³-hybridized carbons (Fsp3) is 0.786. The molecule has 0 bridgehead atoms. The number of aryl methyl sites for hydroxylation is 2. The average Bonchev–Trinajstić information content (AvgIpc) is 2.64. The van der Waals surface area contributed by atoms with Gasteiger partial charge in [0.25, 0.3) is 0 Å². The van der Waals surface area contributed by atoms with Crippen molar-refractivity contribution in [3.63, 3.8) is 0 Å². The Morgan fingerprint density at radius 1 is 1.42 bits per heavy atom. The summed E-state index contributed by atoms with van der Waals surface area (Å²) in [6.45, 7) is 8.58. The van der Waals surface area contributed by atoms with Crippen molar-refractivity contribution in [1.29, 1.82) is 0 Å². The second kappa shape index (κ2) is 6.86. The van der Waals surface area contributed by atoms with Crippen LogP contribution in [-0.2, 0) is 13.6 Å². The highest BCUT2D eigenvalue weighted by molar-refractivity contribution is 9.10. The first kappa shape index (κ1) is 15.0. The summed E-state index contributed by atoms with van der Waals surface area (Å²) >= 11 is 3.67. The van der Waals surface area contributed by atoms with Crippen LogP contribution in [0.5, 0.6) is 0 Å². The van der Waals surface area contributed by atoms with E-state index >= 15 is 0 Å². The van der Waals surface area contributed by atoms with Crippen LogP contribution in [0.3, 0.4) is 0 Å². The number of rotatable bonds is 5. The Bertz CT molecular complexity index is 416. The molecular weight excluding hydrogens is 304 g/mol. The van der Waals surface area contributed by atoms with Gasteiger partial charge in [-0.05, 0) is 48.8 Å². The van der Waals surface area contributed by atoms with Crippen molar-refractivity contribution in [1.82, 2.24) is 20.0 Å². The molecule has 0 saturated carbocycles. The number of likely N-dealkylation sites (tertiary alicyclic amines) is 1. The summed E-state index contributed by atoms with van der Waals surface area (Å²) in [6, 6.07) is 0.663. The molecule has 1 saturated heterocycles. The number of hydrogen-bond acceptors (Lipinski definition) is 3. The Kier molecular flexibility index (Phi) is 5.42. The molecule has 1 unspecified atom stereocenters. The number of nitrogens with zero attached hydrogens (tertiary/aromatic N) is 3. The minimum absolute atomic E-state index is 0.663. The number of hydrogen-bond donors (Lipinski definition) is 1. The van der Waals surface area contributed by atoms with Gasteiger partial charge in [0.15, 0.2) is 0 Å². The third kappa shape index (κ3) is 3.58. The molecule has 1 aromatic heterocycles. The average molecular weight is 329 g/mol. The van der Waals surface area contributed by atoms with Gasteiger partial charge in [-0.25, -0.2) is 0 Å². The fourth-order valence-corrected chi connectivity index (χ4v) is 3.32. The van der Waals surface area contributed by atoms with Gasteiger partial charge >= 0.3 is 0 Å². The number of aromatic nitrogens is 2. The van der Waals surface area contributed by atoms with Crippen molar-refractivity contribution >= 4 is 15.9 Å². The molecule has 0 aliphatic carbocycles. The molecule has 5 heteroatoms. The highest BCUT2D eigenvalue weighted by atomic mass is 79.9. The maximum atomic E-state index is 4.49. The molecule has 4 nitrogen and oxygen atoms in total. The van der Waals surface area contributed by atoms with Gasteiger partial charge in [-0.2, -0.15) is 5.10 Å². The van der Waals surface area contributed by atoms with E-state index in [1.165, 1.54) is 36.0 Å². The molecular formula is C14H25BrN4. The molecule has 1 aliphatic rings. The maximum Gasteiger partial charge on any atom is 0.0739 e. The first-order valence-corrected chi connectivity index (χ1v) is 8.05. The zero-order valence-corrected chi connectivity index (χ0v) is 13.8. The van der Waals surface area contributed by atoms with Crippen molar-refractivity contribution < 1.29 is 0 Å². The fourth-order valence-electron chi connectivity index (χ4n) is 2.85. The lowest BCUT2D eigenvalue weighted by atomic mass is 10.0. The Morgan fingerprint density at radius 3 is 2.84 bits per heavy atom. The van der Waals surface area contributed by atoms with Crippen LogP contribution in [0.25, 0.3) is 0 Å². The Hall–Kier alpha value is -0.390. The maximum absolute atomic E-state index is 4.49. The number of halogens is 1. The molecule has 2 rings (SSSR count). The largest absolute Gasteiger partial charge is 0.315 e. The van der Waals surface area contributed by atoms with E-state index in [1.54, 1.807) is 0 Å². The Morgan fingerprint density at radius 2 is 2.21 bits per heavy atom. The molecule has 0 radical (unpaired) electrons. The number of nitrogens with one attached hydrogen (secondary N) is 1. The minimum atomic E-state index is 0.663. The summed E-state index contributed by atoms with van der Waals surface area (Å²) in [4.78, 5) is 2.60. The SMILES string of the molecule is CCNCC1CCCCN1Cc1c(Br)c(C)nn1C. The van der Waals surface area contributed by atoms with Gasteiger partial charge in [0.2, 0.25) is 0 Å². The summed E-state index contributed by atoms with van der Waals surface area (Å²) in [6.07, 6.45) is 3.98. The molecule has 108 valence electrons. The predicted octanol–water partition coefficient (Wildman–Crippen LogP) is 2.46. The van der Waals surface area contributed by atoms with Gasteiger partial charge in [0, 0.05) is 26.2 Å². The highest BCUT2D eigenvalue weighted by Gasteiger charge is 2.24. The lowest BCUT2D eigenvalue weighted by molar-refractivity contribution is 0.134. The van der Waals surface area contributed by atoms with Crippen LogP contribution in [0.1, 0.15) is 37.6 Å². The van der Waals surface area contributed by atoms with E-state index in [0.717, 1.165) is 25.3 Å². The van der Waals surface area contributed by atoms with Crippen molar-refractivity contribution in [2.24, 2.45) is 7.05 Å². The molecule has 1 atom stereocenters. The monoisotopic (exact) mass is 328 g/mol. The quantitative estimate of drug-likeness (QED) is 0.901. The lowest BCUT2D eigenvalue weighted by Gasteiger charge is -2.35. The van der Waals surface area contributed by atoms with E-state index in [-0.39, 0.29) is 0 Å². The van der Waals surface area contributed by atoms with E-state index in [0.29, 0.717) is 6.04 Å². The van der Waals surface area contributed by atoms with Gasteiger partial charge in [-0.15, -0.1) is 0 Å². The van der Waals surface area contributed by atoms with E-state index in [1.807, 2.05) is 11.7 Å². The van der Waals surface area contributed by atoms with E-state index in [4.69, 9.17) is 0 Å². The number of piperidine rings is 1. The molecule has 1 fully saturated rings. The summed E-state index contributed by atoms with van der Waals surface area (Å²) in [5.41, 5.74) is 2.37. The van der Waals surface area contributed by atoms with E-state index < -0.39 is 0 Å². The van der Waals surface area contributed by atoms with Crippen molar-refractivity contribution in [3.05, 3.63) is 15.9 Å². The second-order valence-corrected chi connectivity index (χ2v) is 6.19.